The molecule has 0 fully saturated rings. The van der Waals surface area contributed by atoms with E-state index in [1.54, 1.807) is 56.5 Å². The molecule has 0 spiro atoms. The van der Waals surface area contributed by atoms with Gasteiger partial charge in [-0.2, -0.15) is 0 Å². The van der Waals surface area contributed by atoms with Crippen molar-refractivity contribution in [3.05, 3.63) is 48.0 Å². The van der Waals surface area contributed by atoms with Crippen molar-refractivity contribution in [2.75, 3.05) is 27.4 Å². The first kappa shape index (κ1) is 19.3. The van der Waals surface area contributed by atoms with Crippen LogP contribution in [0.15, 0.2) is 46.9 Å². The van der Waals surface area contributed by atoms with Crippen molar-refractivity contribution < 1.29 is 33.0 Å². The number of carbonyl (C=O) groups excluding carboxylic acids is 2. The average Bonchev–Trinajstić information content (AvgIpc) is 3.11. The molecule has 0 N–H and O–H groups in total. The number of rotatable bonds is 7. The van der Waals surface area contributed by atoms with E-state index in [9.17, 15) is 9.59 Å². The van der Waals surface area contributed by atoms with Crippen LogP contribution in [0.3, 0.4) is 0 Å². The smallest absolute Gasteiger partial charge is 0.343 e. The first-order chi connectivity index (χ1) is 13.6. The van der Waals surface area contributed by atoms with Crippen LogP contribution in [0.1, 0.15) is 17.3 Å². The van der Waals surface area contributed by atoms with E-state index in [0.717, 1.165) is 0 Å². The van der Waals surface area contributed by atoms with E-state index in [2.05, 4.69) is 4.74 Å². The Bertz CT molecular complexity index is 986. The van der Waals surface area contributed by atoms with Crippen LogP contribution in [-0.2, 0) is 14.3 Å². The van der Waals surface area contributed by atoms with Gasteiger partial charge in [0.05, 0.1) is 20.8 Å². The van der Waals surface area contributed by atoms with Crippen molar-refractivity contribution in [1.82, 2.24) is 0 Å². The first-order valence-corrected chi connectivity index (χ1v) is 8.65. The lowest BCUT2D eigenvalue weighted by Crippen LogP contribution is -2.12. The lowest BCUT2D eigenvalue weighted by atomic mass is 10.1. The average molecular weight is 384 g/mol. The SMILES string of the molecule is CCOC(=O)c1c(-c2ccc(OC)cc2)oc2ccc(OCC(=O)OC)cc12. The van der Waals surface area contributed by atoms with Gasteiger partial charge in [-0.1, -0.05) is 0 Å². The molecule has 3 rings (SSSR count). The fraction of sp³-hybridized carbons (Fsp3) is 0.238. The van der Waals surface area contributed by atoms with Crippen LogP contribution in [-0.4, -0.2) is 39.4 Å². The van der Waals surface area contributed by atoms with Crippen molar-refractivity contribution in [1.29, 1.82) is 0 Å². The standard InChI is InChI=1S/C21H20O7/c1-4-26-21(23)19-16-11-15(27-12-18(22)25-3)9-10-17(16)28-20(19)13-5-7-14(24-2)8-6-13/h5-11H,4,12H2,1-3H3. The Kier molecular flexibility index (Phi) is 5.84. The Balaban J connectivity index is 2.07. The van der Waals surface area contributed by atoms with Gasteiger partial charge in [0.15, 0.2) is 6.61 Å². The summed E-state index contributed by atoms with van der Waals surface area (Å²) in [5.74, 6) is 0.483. The van der Waals surface area contributed by atoms with Gasteiger partial charge in [-0.3, -0.25) is 0 Å². The maximum atomic E-state index is 12.6. The fourth-order valence-corrected chi connectivity index (χ4v) is 2.72. The summed E-state index contributed by atoms with van der Waals surface area (Å²) in [6.07, 6.45) is 0. The maximum Gasteiger partial charge on any atom is 0.343 e. The van der Waals surface area contributed by atoms with Gasteiger partial charge in [-0.25, -0.2) is 9.59 Å². The Hall–Kier alpha value is -3.48. The second kappa shape index (κ2) is 8.47. The van der Waals surface area contributed by atoms with Gasteiger partial charge >= 0.3 is 11.9 Å². The molecule has 0 aliphatic carbocycles. The van der Waals surface area contributed by atoms with Crippen LogP contribution in [0, 0.1) is 0 Å². The minimum Gasteiger partial charge on any atom is -0.497 e. The largest absolute Gasteiger partial charge is 0.497 e. The molecule has 7 nitrogen and oxygen atoms in total. The normalized spacial score (nSPS) is 10.5. The van der Waals surface area contributed by atoms with Crippen LogP contribution in [0.4, 0.5) is 0 Å². The minimum atomic E-state index is -0.503. The topological polar surface area (TPSA) is 84.2 Å². The van der Waals surface area contributed by atoms with Crippen molar-refractivity contribution in [2.45, 2.75) is 6.92 Å². The van der Waals surface area contributed by atoms with Gasteiger partial charge in [0, 0.05) is 10.9 Å². The van der Waals surface area contributed by atoms with Gasteiger partial charge < -0.3 is 23.4 Å². The molecule has 0 amide bonds. The number of ether oxygens (including phenoxy) is 4. The minimum absolute atomic E-state index is 0.228. The number of methoxy groups -OCH3 is 2. The van der Waals surface area contributed by atoms with Gasteiger partial charge in [0.2, 0.25) is 0 Å². The second-order valence-electron chi connectivity index (χ2n) is 5.78. The Morgan fingerprint density at radius 1 is 1.00 bits per heavy atom. The van der Waals surface area contributed by atoms with Crippen LogP contribution in [0.5, 0.6) is 11.5 Å². The predicted octanol–water partition coefficient (Wildman–Crippen LogP) is 3.84. The molecule has 0 saturated heterocycles. The summed E-state index contributed by atoms with van der Waals surface area (Å²) in [4.78, 5) is 23.9. The molecule has 28 heavy (non-hydrogen) atoms. The predicted molar refractivity (Wildman–Crippen MR) is 102 cm³/mol. The van der Waals surface area contributed by atoms with E-state index in [1.165, 1.54) is 7.11 Å². The van der Waals surface area contributed by atoms with Crippen LogP contribution in [0.2, 0.25) is 0 Å². The molecule has 2 aromatic carbocycles. The van der Waals surface area contributed by atoms with Gasteiger partial charge in [0.25, 0.3) is 0 Å². The summed E-state index contributed by atoms with van der Waals surface area (Å²) >= 11 is 0. The number of esters is 2. The third-order valence-electron chi connectivity index (χ3n) is 4.08. The highest BCUT2D eigenvalue weighted by atomic mass is 16.6. The summed E-state index contributed by atoms with van der Waals surface area (Å²) < 4.78 is 26.3. The van der Waals surface area contributed by atoms with Gasteiger partial charge in [-0.05, 0) is 49.4 Å². The highest BCUT2D eigenvalue weighted by molar-refractivity contribution is 6.09. The van der Waals surface area contributed by atoms with E-state index < -0.39 is 11.9 Å². The molecular weight excluding hydrogens is 364 g/mol. The molecular formula is C21H20O7. The summed E-state index contributed by atoms with van der Waals surface area (Å²) in [6, 6.07) is 12.1. The number of furan rings is 1. The van der Waals surface area contributed by atoms with Crippen molar-refractivity contribution in [3.8, 4) is 22.8 Å². The number of benzene rings is 2. The molecule has 1 aromatic heterocycles. The Labute approximate surface area is 161 Å². The molecule has 0 saturated carbocycles. The third-order valence-corrected chi connectivity index (χ3v) is 4.08. The summed E-state index contributed by atoms with van der Waals surface area (Å²) in [7, 11) is 2.86. The van der Waals surface area contributed by atoms with E-state index in [0.29, 0.717) is 39.4 Å². The first-order valence-electron chi connectivity index (χ1n) is 8.65. The Morgan fingerprint density at radius 3 is 2.36 bits per heavy atom. The summed E-state index contributed by atoms with van der Waals surface area (Å²) in [5.41, 5.74) is 1.50. The maximum absolute atomic E-state index is 12.6. The molecule has 0 bridgehead atoms. The number of hydrogen-bond donors (Lipinski definition) is 0. The Morgan fingerprint density at radius 2 is 1.71 bits per heavy atom. The third kappa shape index (κ3) is 3.93. The summed E-state index contributed by atoms with van der Waals surface area (Å²) in [5, 5.41) is 0.534. The molecule has 7 heteroatoms. The molecule has 0 radical (unpaired) electrons. The molecule has 1 heterocycles. The fourth-order valence-electron chi connectivity index (χ4n) is 2.72. The van der Waals surface area contributed by atoms with Gasteiger partial charge in [-0.15, -0.1) is 0 Å². The molecule has 3 aromatic rings. The monoisotopic (exact) mass is 384 g/mol. The number of fused-ring (bicyclic) bond motifs is 1. The lowest BCUT2D eigenvalue weighted by Gasteiger charge is -2.06. The molecule has 0 aliphatic heterocycles. The highest BCUT2D eigenvalue weighted by Crippen LogP contribution is 2.36. The quantitative estimate of drug-likeness (QED) is 0.572. The zero-order valence-corrected chi connectivity index (χ0v) is 15.8. The van der Waals surface area contributed by atoms with Crippen molar-refractivity contribution in [3.63, 3.8) is 0 Å². The summed E-state index contributed by atoms with van der Waals surface area (Å²) in [6.45, 7) is 1.73. The molecule has 0 atom stereocenters. The number of carbonyl (C=O) groups is 2. The molecule has 0 unspecified atom stereocenters. The highest BCUT2D eigenvalue weighted by Gasteiger charge is 2.24. The van der Waals surface area contributed by atoms with E-state index in [-0.39, 0.29) is 13.2 Å². The van der Waals surface area contributed by atoms with Crippen molar-refractivity contribution in [2.24, 2.45) is 0 Å². The van der Waals surface area contributed by atoms with Gasteiger partial charge in [0.1, 0.15) is 28.4 Å². The van der Waals surface area contributed by atoms with E-state index >= 15 is 0 Å². The van der Waals surface area contributed by atoms with Crippen LogP contribution in [0.25, 0.3) is 22.3 Å². The van der Waals surface area contributed by atoms with Crippen LogP contribution < -0.4 is 9.47 Å². The second-order valence-corrected chi connectivity index (χ2v) is 5.78. The zero-order valence-electron chi connectivity index (χ0n) is 15.8. The van der Waals surface area contributed by atoms with Crippen molar-refractivity contribution >= 4 is 22.9 Å². The van der Waals surface area contributed by atoms with E-state index in [1.807, 2.05) is 0 Å². The van der Waals surface area contributed by atoms with E-state index in [4.69, 9.17) is 18.6 Å². The lowest BCUT2D eigenvalue weighted by molar-refractivity contribution is -0.142. The number of hydrogen-bond acceptors (Lipinski definition) is 7. The molecule has 0 aliphatic rings. The zero-order chi connectivity index (χ0) is 20.1. The van der Waals surface area contributed by atoms with Crippen LogP contribution >= 0.6 is 0 Å². The molecule has 146 valence electrons.